The fourth-order valence-electron chi connectivity index (χ4n) is 1.20. The summed E-state index contributed by atoms with van der Waals surface area (Å²) in [5.74, 6) is -0.857. The molecule has 0 unspecified atom stereocenters. The van der Waals surface area contributed by atoms with Gasteiger partial charge in [0.1, 0.15) is 0 Å². The Kier molecular flexibility index (Phi) is 1.98. The van der Waals surface area contributed by atoms with Gasteiger partial charge in [-0.25, -0.2) is 4.98 Å². The van der Waals surface area contributed by atoms with E-state index in [1.165, 1.54) is 12.3 Å². The predicted molar refractivity (Wildman–Crippen MR) is 49.3 cm³/mol. The maximum atomic E-state index is 12.7. The van der Waals surface area contributed by atoms with Crippen LogP contribution in [0.25, 0.3) is 0 Å². The highest BCUT2D eigenvalue weighted by atomic mass is 19.1. The third-order valence-corrected chi connectivity index (χ3v) is 2.40. The molecule has 4 heteroatoms. The van der Waals surface area contributed by atoms with E-state index in [1.54, 1.807) is 0 Å². The topological polar surface area (TPSA) is 42.0 Å². The van der Waals surface area contributed by atoms with Crippen LogP contribution in [-0.4, -0.2) is 16.4 Å². The van der Waals surface area contributed by atoms with Crippen molar-refractivity contribution in [3.63, 3.8) is 0 Å². The number of nitrogens with one attached hydrogen (secondary N) is 1. The summed E-state index contributed by atoms with van der Waals surface area (Å²) in [4.78, 5) is 14.9. The fraction of sp³-hybridized carbons (Fsp3) is 0.400. The van der Waals surface area contributed by atoms with Crippen LogP contribution in [0.15, 0.2) is 18.3 Å². The highest BCUT2D eigenvalue weighted by molar-refractivity contribution is 5.94. The van der Waals surface area contributed by atoms with Crippen LogP contribution < -0.4 is 5.32 Å². The third kappa shape index (κ3) is 1.89. The lowest BCUT2D eigenvalue weighted by Gasteiger charge is -2.10. The fourth-order valence-corrected chi connectivity index (χ4v) is 1.20. The summed E-state index contributed by atoms with van der Waals surface area (Å²) in [5.41, 5.74) is 0.252. The molecule has 1 aromatic heterocycles. The molecule has 0 spiro atoms. The normalized spacial score (nSPS) is 17.6. The van der Waals surface area contributed by atoms with Crippen molar-refractivity contribution in [2.75, 3.05) is 0 Å². The molecule has 1 saturated carbocycles. The lowest BCUT2D eigenvalue weighted by atomic mass is 10.2. The zero-order valence-electron chi connectivity index (χ0n) is 7.88. The SMILES string of the molecule is CC1(NC(=O)c2ccnc(F)c2)CC1. The van der Waals surface area contributed by atoms with Gasteiger partial charge in [0.15, 0.2) is 0 Å². The van der Waals surface area contributed by atoms with E-state index < -0.39 is 5.95 Å². The Morgan fingerprint density at radius 1 is 1.64 bits per heavy atom. The Bertz CT molecular complexity index is 374. The van der Waals surface area contributed by atoms with E-state index in [-0.39, 0.29) is 11.4 Å². The average Bonchev–Trinajstić information content (AvgIpc) is 2.83. The summed E-state index contributed by atoms with van der Waals surface area (Å²) < 4.78 is 12.7. The smallest absolute Gasteiger partial charge is 0.251 e. The molecule has 1 fully saturated rings. The highest BCUT2D eigenvalue weighted by Gasteiger charge is 2.38. The number of pyridine rings is 1. The highest BCUT2D eigenvalue weighted by Crippen LogP contribution is 2.34. The van der Waals surface area contributed by atoms with Gasteiger partial charge < -0.3 is 5.32 Å². The number of nitrogens with zero attached hydrogens (tertiary/aromatic N) is 1. The zero-order valence-corrected chi connectivity index (χ0v) is 7.88. The number of halogens is 1. The molecule has 1 aliphatic carbocycles. The quantitative estimate of drug-likeness (QED) is 0.725. The number of carbonyl (C=O) groups excluding carboxylic acids is 1. The van der Waals surface area contributed by atoms with E-state index in [9.17, 15) is 9.18 Å². The zero-order chi connectivity index (χ0) is 10.2. The van der Waals surface area contributed by atoms with Gasteiger partial charge in [0.2, 0.25) is 5.95 Å². The van der Waals surface area contributed by atoms with Crippen molar-refractivity contribution in [3.8, 4) is 0 Å². The first-order valence-corrected chi connectivity index (χ1v) is 4.53. The van der Waals surface area contributed by atoms with Gasteiger partial charge in [-0.15, -0.1) is 0 Å². The molecule has 74 valence electrons. The van der Waals surface area contributed by atoms with Crippen LogP contribution in [0.3, 0.4) is 0 Å². The minimum absolute atomic E-state index is 0.0726. The minimum atomic E-state index is -0.626. The Hall–Kier alpha value is -1.45. The van der Waals surface area contributed by atoms with Gasteiger partial charge in [-0.3, -0.25) is 4.79 Å². The van der Waals surface area contributed by atoms with Gasteiger partial charge in [-0.1, -0.05) is 0 Å². The van der Waals surface area contributed by atoms with Gasteiger partial charge in [0.05, 0.1) is 0 Å². The first-order valence-electron chi connectivity index (χ1n) is 4.53. The molecule has 0 radical (unpaired) electrons. The summed E-state index contributed by atoms with van der Waals surface area (Å²) in [6.45, 7) is 1.97. The number of hydrogen-bond acceptors (Lipinski definition) is 2. The Balaban J connectivity index is 2.11. The summed E-state index contributed by atoms with van der Waals surface area (Å²) in [5, 5.41) is 2.84. The number of hydrogen-bond donors (Lipinski definition) is 1. The number of amides is 1. The molecule has 0 bridgehead atoms. The molecule has 3 nitrogen and oxygen atoms in total. The van der Waals surface area contributed by atoms with Crippen molar-refractivity contribution < 1.29 is 9.18 Å². The van der Waals surface area contributed by atoms with Gasteiger partial charge in [0, 0.05) is 23.4 Å². The van der Waals surface area contributed by atoms with Crippen LogP contribution in [0.5, 0.6) is 0 Å². The molecule has 0 saturated heterocycles. The molecule has 0 aliphatic heterocycles. The van der Waals surface area contributed by atoms with Gasteiger partial charge >= 0.3 is 0 Å². The lowest BCUT2D eigenvalue weighted by molar-refractivity contribution is 0.0935. The summed E-state index contributed by atoms with van der Waals surface area (Å²) in [7, 11) is 0. The van der Waals surface area contributed by atoms with Crippen LogP contribution in [-0.2, 0) is 0 Å². The lowest BCUT2D eigenvalue weighted by Crippen LogP contribution is -2.34. The monoisotopic (exact) mass is 194 g/mol. The minimum Gasteiger partial charge on any atom is -0.347 e. The van der Waals surface area contributed by atoms with E-state index >= 15 is 0 Å². The summed E-state index contributed by atoms with van der Waals surface area (Å²) in [6, 6.07) is 2.64. The summed E-state index contributed by atoms with van der Waals surface area (Å²) in [6.07, 6.45) is 3.28. The molecule has 0 aromatic carbocycles. The van der Waals surface area contributed by atoms with Crippen molar-refractivity contribution in [2.45, 2.75) is 25.3 Å². The number of carbonyl (C=O) groups is 1. The second-order valence-corrected chi connectivity index (χ2v) is 3.88. The van der Waals surface area contributed by atoms with E-state index in [0.717, 1.165) is 18.9 Å². The van der Waals surface area contributed by atoms with E-state index in [1.807, 2.05) is 6.92 Å². The van der Waals surface area contributed by atoms with Crippen molar-refractivity contribution >= 4 is 5.91 Å². The molecule has 2 rings (SSSR count). The molecule has 1 aliphatic rings. The largest absolute Gasteiger partial charge is 0.347 e. The van der Waals surface area contributed by atoms with Gasteiger partial charge in [-0.2, -0.15) is 4.39 Å². The van der Waals surface area contributed by atoms with E-state index in [4.69, 9.17) is 0 Å². The average molecular weight is 194 g/mol. The molecule has 1 N–H and O–H groups in total. The van der Waals surface area contributed by atoms with Crippen molar-refractivity contribution in [2.24, 2.45) is 0 Å². The third-order valence-electron chi connectivity index (χ3n) is 2.40. The van der Waals surface area contributed by atoms with Crippen molar-refractivity contribution in [1.82, 2.24) is 10.3 Å². The van der Waals surface area contributed by atoms with E-state index in [0.29, 0.717) is 5.56 Å². The maximum Gasteiger partial charge on any atom is 0.251 e. The first-order chi connectivity index (χ1) is 6.59. The molecular weight excluding hydrogens is 183 g/mol. The molecule has 1 aromatic rings. The van der Waals surface area contributed by atoms with Gasteiger partial charge in [0.25, 0.3) is 5.91 Å². The molecule has 1 amide bonds. The van der Waals surface area contributed by atoms with Crippen molar-refractivity contribution in [3.05, 3.63) is 29.8 Å². The van der Waals surface area contributed by atoms with Crippen LogP contribution in [0.4, 0.5) is 4.39 Å². The Morgan fingerprint density at radius 3 is 2.93 bits per heavy atom. The standard InChI is InChI=1S/C10H11FN2O/c1-10(3-4-10)13-9(14)7-2-5-12-8(11)6-7/h2,5-6H,3-4H2,1H3,(H,13,14). The second kappa shape index (κ2) is 3.04. The predicted octanol–water partition coefficient (Wildman–Crippen LogP) is 1.50. The Morgan fingerprint density at radius 2 is 2.36 bits per heavy atom. The van der Waals surface area contributed by atoms with Crippen LogP contribution in [0.2, 0.25) is 0 Å². The molecular formula is C10H11FN2O. The Labute approximate surface area is 81.3 Å². The molecule has 14 heavy (non-hydrogen) atoms. The molecule has 1 heterocycles. The van der Waals surface area contributed by atoms with Crippen LogP contribution in [0.1, 0.15) is 30.1 Å². The maximum absolute atomic E-state index is 12.7. The van der Waals surface area contributed by atoms with Crippen molar-refractivity contribution in [1.29, 1.82) is 0 Å². The number of aromatic nitrogens is 1. The van der Waals surface area contributed by atoms with Crippen LogP contribution in [0, 0.1) is 5.95 Å². The van der Waals surface area contributed by atoms with Crippen LogP contribution >= 0.6 is 0 Å². The summed E-state index contributed by atoms with van der Waals surface area (Å²) >= 11 is 0. The first kappa shape index (κ1) is 9.12. The second-order valence-electron chi connectivity index (χ2n) is 3.88. The number of rotatable bonds is 2. The van der Waals surface area contributed by atoms with Gasteiger partial charge in [-0.05, 0) is 25.8 Å². The molecule has 0 atom stereocenters. The van der Waals surface area contributed by atoms with E-state index in [2.05, 4.69) is 10.3 Å².